The maximum atomic E-state index is 13.1. The zero-order valence-electron chi connectivity index (χ0n) is 24.5. The number of carbonyl (C=O) groups is 1. The molecule has 236 valence electrons. The Morgan fingerprint density at radius 3 is 2.27 bits per heavy atom. The number of aromatic nitrogens is 3. The van der Waals surface area contributed by atoms with Crippen molar-refractivity contribution in [1.29, 1.82) is 0 Å². The molecule has 0 saturated carbocycles. The van der Waals surface area contributed by atoms with E-state index in [2.05, 4.69) is 15.6 Å². The van der Waals surface area contributed by atoms with Gasteiger partial charge in [0.2, 0.25) is 0 Å². The van der Waals surface area contributed by atoms with Crippen LogP contribution in [0.5, 0.6) is 11.5 Å². The van der Waals surface area contributed by atoms with Crippen molar-refractivity contribution in [3.63, 3.8) is 0 Å². The molecule has 0 fully saturated rings. The smallest absolute Gasteiger partial charge is 0.416 e. The van der Waals surface area contributed by atoms with Crippen molar-refractivity contribution in [2.45, 2.75) is 57.9 Å². The van der Waals surface area contributed by atoms with Crippen molar-refractivity contribution in [1.82, 2.24) is 20.5 Å². The average Bonchev–Trinajstić information content (AvgIpc) is 3.37. The number of nitrogens with one attached hydrogen (secondary N) is 1. The largest absolute Gasteiger partial charge is 0.497 e. The van der Waals surface area contributed by atoms with Gasteiger partial charge in [-0.25, -0.2) is 4.79 Å². The fourth-order valence-electron chi connectivity index (χ4n) is 3.99. The molecule has 0 aliphatic carbocycles. The van der Waals surface area contributed by atoms with Crippen LogP contribution in [0.4, 0.5) is 18.0 Å². The van der Waals surface area contributed by atoms with E-state index < -0.39 is 35.8 Å². The van der Waals surface area contributed by atoms with Gasteiger partial charge in [0, 0.05) is 0 Å². The van der Waals surface area contributed by atoms with E-state index in [1.807, 2.05) is 0 Å². The van der Waals surface area contributed by atoms with E-state index in [-0.39, 0.29) is 30.9 Å². The molecule has 1 aromatic heterocycles. The van der Waals surface area contributed by atoms with Crippen molar-refractivity contribution in [2.24, 2.45) is 0 Å². The highest BCUT2D eigenvalue weighted by molar-refractivity contribution is 5.74. The summed E-state index contributed by atoms with van der Waals surface area (Å²) in [7, 11) is 1.56. The zero-order chi connectivity index (χ0) is 31.9. The second kappa shape index (κ2) is 13.8. The maximum absolute atomic E-state index is 13.1. The van der Waals surface area contributed by atoms with Crippen LogP contribution in [0.25, 0.3) is 11.0 Å². The number of amides is 1. The Labute approximate surface area is 251 Å². The molecule has 0 aliphatic rings. The van der Waals surface area contributed by atoms with Crippen LogP contribution in [0.2, 0.25) is 0 Å². The number of halogens is 3. The fourth-order valence-corrected chi connectivity index (χ4v) is 3.99. The number of methoxy groups -OCH3 is 1. The van der Waals surface area contributed by atoms with Crippen LogP contribution >= 0.6 is 0 Å². The van der Waals surface area contributed by atoms with Crippen molar-refractivity contribution in [3.8, 4) is 11.5 Å². The number of hydrogen-bond donors (Lipinski definition) is 2. The van der Waals surface area contributed by atoms with Gasteiger partial charge >= 0.3 is 12.3 Å². The molecule has 4 aromatic rings. The molecule has 1 amide bonds. The molecule has 0 radical (unpaired) electrons. The summed E-state index contributed by atoms with van der Waals surface area (Å²) < 4.78 is 60.9. The monoisotopic (exact) mass is 618 g/mol. The Bertz CT molecular complexity index is 1520. The SMILES string of the molecule is COc1ccc(COC(O)[C@H](Cc2ccc(OCOn3nnc4ccc(C(F)(F)F)cc43)cc2)NC(=O)OC(C)(C)C)cc1. The molecule has 0 aliphatic heterocycles. The molecule has 4 rings (SSSR count). The summed E-state index contributed by atoms with van der Waals surface area (Å²) in [5, 5.41) is 21.0. The summed E-state index contributed by atoms with van der Waals surface area (Å²) in [6.45, 7) is 4.90. The van der Waals surface area contributed by atoms with Crippen LogP contribution in [0.15, 0.2) is 66.7 Å². The van der Waals surface area contributed by atoms with E-state index in [9.17, 15) is 23.1 Å². The Balaban J connectivity index is 1.36. The first kappa shape index (κ1) is 32.4. The Morgan fingerprint density at radius 2 is 1.64 bits per heavy atom. The van der Waals surface area contributed by atoms with Crippen LogP contribution in [-0.4, -0.2) is 58.2 Å². The Morgan fingerprint density at radius 1 is 0.977 bits per heavy atom. The second-order valence-electron chi connectivity index (χ2n) is 10.7. The van der Waals surface area contributed by atoms with E-state index >= 15 is 0 Å². The van der Waals surface area contributed by atoms with Gasteiger partial charge in [0.15, 0.2) is 6.29 Å². The van der Waals surface area contributed by atoms with Crippen LogP contribution in [0.3, 0.4) is 0 Å². The highest BCUT2D eigenvalue weighted by Crippen LogP contribution is 2.30. The van der Waals surface area contributed by atoms with Crippen molar-refractivity contribution in [3.05, 3.63) is 83.4 Å². The third-order valence-electron chi connectivity index (χ3n) is 6.15. The molecular formula is C30H33F3N4O7. The number of alkyl carbamates (subject to hydrolysis) is 1. The fraction of sp³-hybridized carbons (Fsp3) is 0.367. The van der Waals surface area contributed by atoms with Crippen LogP contribution in [0, 0.1) is 0 Å². The van der Waals surface area contributed by atoms with Gasteiger partial charge in [0.1, 0.15) is 28.1 Å². The highest BCUT2D eigenvalue weighted by atomic mass is 19.4. The topological polar surface area (TPSA) is 126 Å². The number of hydrogen-bond acceptors (Lipinski definition) is 9. The maximum Gasteiger partial charge on any atom is 0.416 e. The van der Waals surface area contributed by atoms with Crippen LogP contribution < -0.4 is 19.6 Å². The first-order valence-corrected chi connectivity index (χ1v) is 13.5. The minimum absolute atomic E-state index is 0.0371. The minimum Gasteiger partial charge on any atom is -0.497 e. The summed E-state index contributed by atoms with van der Waals surface area (Å²) in [6.07, 6.45) is -6.42. The van der Waals surface area contributed by atoms with Gasteiger partial charge in [0.25, 0.3) is 6.79 Å². The predicted octanol–water partition coefficient (Wildman–Crippen LogP) is 4.89. The Hall–Kier alpha value is -4.56. The molecule has 14 heteroatoms. The lowest BCUT2D eigenvalue weighted by atomic mass is 10.1. The minimum atomic E-state index is -4.53. The van der Waals surface area contributed by atoms with Crippen molar-refractivity contribution >= 4 is 17.1 Å². The lowest BCUT2D eigenvalue weighted by molar-refractivity contribution is -0.137. The molecule has 1 unspecified atom stereocenters. The van der Waals surface area contributed by atoms with Crippen LogP contribution in [-0.2, 0) is 28.7 Å². The number of aliphatic hydroxyl groups excluding tert-OH is 1. The lowest BCUT2D eigenvalue weighted by Gasteiger charge is -2.27. The first-order valence-electron chi connectivity index (χ1n) is 13.5. The molecule has 11 nitrogen and oxygen atoms in total. The number of aliphatic hydroxyl groups is 1. The van der Waals surface area contributed by atoms with Crippen molar-refractivity contribution in [2.75, 3.05) is 13.9 Å². The van der Waals surface area contributed by atoms with E-state index in [0.717, 1.165) is 28.1 Å². The number of carbonyl (C=O) groups excluding carboxylic acids is 1. The first-order chi connectivity index (χ1) is 20.8. The standard InChI is InChI=1S/C30H33F3N4O7/c1-29(2,3)44-28(39)34-25(27(38)41-17-20-7-10-22(40-4)11-8-20)15-19-5-12-23(13-6-19)42-18-43-37-26-16-21(30(31,32)33)9-14-24(26)35-36-37/h5-14,16,25,27,38H,15,17-18H2,1-4H3,(H,34,39)/t25-,27?/m0/s1. The molecule has 2 atom stereocenters. The molecule has 3 aromatic carbocycles. The highest BCUT2D eigenvalue weighted by Gasteiger charge is 2.31. The molecule has 1 heterocycles. The van der Waals surface area contributed by atoms with Gasteiger partial charge in [-0.1, -0.05) is 29.1 Å². The Kier molecular flexibility index (Phi) is 10.2. The summed E-state index contributed by atoms with van der Waals surface area (Å²) >= 11 is 0. The quantitative estimate of drug-likeness (QED) is 0.213. The van der Waals surface area contributed by atoms with Gasteiger partial charge < -0.3 is 34.2 Å². The summed E-state index contributed by atoms with van der Waals surface area (Å²) in [4.78, 5) is 18.7. The molecule has 0 spiro atoms. The lowest BCUT2D eigenvalue weighted by Crippen LogP contribution is -2.47. The van der Waals surface area contributed by atoms with Gasteiger partial charge in [-0.3, -0.25) is 0 Å². The average molecular weight is 619 g/mol. The molecule has 2 N–H and O–H groups in total. The number of alkyl halides is 3. The number of benzene rings is 3. The predicted molar refractivity (Wildman–Crippen MR) is 152 cm³/mol. The van der Waals surface area contributed by atoms with E-state index in [1.165, 1.54) is 6.07 Å². The van der Waals surface area contributed by atoms with E-state index in [0.29, 0.717) is 11.5 Å². The van der Waals surface area contributed by atoms with E-state index in [4.69, 9.17) is 23.8 Å². The third-order valence-corrected chi connectivity index (χ3v) is 6.15. The zero-order valence-corrected chi connectivity index (χ0v) is 24.5. The number of ether oxygens (including phenoxy) is 4. The van der Waals surface area contributed by atoms with E-state index in [1.54, 1.807) is 76.4 Å². The molecule has 0 bridgehead atoms. The second-order valence-corrected chi connectivity index (χ2v) is 10.7. The van der Waals surface area contributed by atoms with Gasteiger partial charge in [-0.05, 0) is 86.0 Å². The summed E-state index contributed by atoms with van der Waals surface area (Å²) in [5.41, 5.74) is 0.188. The number of nitrogens with zero attached hydrogens (tertiary/aromatic N) is 3. The molecule has 44 heavy (non-hydrogen) atoms. The number of fused-ring (bicyclic) bond motifs is 1. The van der Waals surface area contributed by atoms with Gasteiger partial charge in [0.05, 0.1) is 25.3 Å². The normalized spacial score (nSPS) is 13.3. The molecule has 0 saturated heterocycles. The molecular weight excluding hydrogens is 585 g/mol. The third kappa shape index (κ3) is 9.22. The van der Waals surface area contributed by atoms with Crippen molar-refractivity contribution < 1.29 is 46.9 Å². The van der Waals surface area contributed by atoms with Gasteiger partial charge in [-0.2, -0.15) is 13.2 Å². The number of rotatable bonds is 12. The van der Waals surface area contributed by atoms with Gasteiger partial charge in [-0.15, -0.1) is 5.10 Å². The van der Waals surface area contributed by atoms with Crippen LogP contribution in [0.1, 0.15) is 37.5 Å². The summed E-state index contributed by atoms with van der Waals surface area (Å²) in [6, 6.07) is 16.0. The summed E-state index contributed by atoms with van der Waals surface area (Å²) in [5.74, 6) is 1.08.